The van der Waals surface area contributed by atoms with Gasteiger partial charge in [-0.3, -0.25) is 4.79 Å². The molecule has 0 aliphatic rings. The van der Waals surface area contributed by atoms with Crippen LogP contribution in [0.2, 0.25) is 0 Å². The molecular formula is C15H21NO3. The first-order valence-corrected chi connectivity index (χ1v) is 6.28. The van der Waals surface area contributed by atoms with E-state index >= 15 is 0 Å². The van der Waals surface area contributed by atoms with E-state index in [9.17, 15) is 9.59 Å². The lowest BCUT2D eigenvalue weighted by Gasteiger charge is -2.22. The van der Waals surface area contributed by atoms with Gasteiger partial charge in [0.05, 0.1) is 12.8 Å². The molecule has 1 rings (SSSR count). The van der Waals surface area contributed by atoms with Crippen LogP contribution in [0.3, 0.4) is 0 Å². The molecule has 0 fully saturated rings. The fourth-order valence-electron chi connectivity index (χ4n) is 2.03. The number of carbonyl (C=O) groups is 2. The summed E-state index contributed by atoms with van der Waals surface area (Å²) in [5.74, 6) is 0.636. The summed E-state index contributed by atoms with van der Waals surface area (Å²) in [6, 6.07) is 3.92. The second kappa shape index (κ2) is 6.36. The Bertz CT molecular complexity index is 494. The van der Waals surface area contributed by atoms with Crippen molar-refractivity contribution in [1.29, 1.82) is 0 Å². The quantitative estimate of drug-likeness (QED) is 0.820. The van der Waals surface area contributed by atoms with E-state index in [1.54, 1.807) is 19.1 Å². The molecule has 104 valence electrons. The summed E-state index contributed by atoms with van der Waals surface area (Å²) < 4.78 is 5.37. The Balaban J connectivity index is 3.01. The predicted molar refractivity (Wildman–Crippen MR) is 75.8 cm³/mol. The molecule has 0 aliphatic heterocycles. The van der Waals surface area contributed by atoms with E-state index in [0.29, 0.717) is 5.75 Å². The standard InChI is InChI=1S/C15H21NO3/c1-10-8-11(2)15(19-5)13(9-10)16(4)14(18)7-6-12(3)17/h8-9H,6-7H2,1-5H3. The van der Waals surface area contributed by atoms with Crippen molar-refractivity contribution in [2.24, 2.45) is 0 Å². The SMILES string of the molecule is COc1c(C)cc(C)cc1N(C)C(=O)CCC(C)=O. The van der Waals surface area contributed by atoms with Crippen LogP contribution in [0.1, 0.15) is 30.9 Å². The molecule has 0 spiro atoms. The number of anilines is 1. The van der Waals surface area contributed by atoms with Gasteiger partial charge in [0.1, 0.15) is 11.5 Å². The van der Waals surface area contributed by atoms with Crippen LogP contribution in [0.25, 0.3) is 0 Å². The second-order valence-corrected chi connectivity index (χ2v) is 4.79. The Morgan fingerprint density at radius 2 is 1.84 bits per heavy atom. The third-order valence-corrected chi connectivity index (χ3v) is 3.03. The summed E-state index contributed by atoms with van der Waals surface area (Å²) in [5, 5.41) is 0. The molecule has 19 heavy (non-hydrogen) atoms. The highest BCUT2D eigenvalue weighted by molar-refractivity contribution is 5.96. The van der Waals surface area contributed by atoms with Gasteiger partial charge in [-0.25, -0.2) is 0 Å². The Morgan fingerprint density at radius 3 is 2.37 bits per heavy atom. The average molecular weight is 263 g/mol. The number of carbonyl (C=O) groups excluding carboxylic acids is 2. The van der Waals surface area contributed by atoms with Crippen LogP contribution in [0.5, 0.6) is 5.75 Å². The number of amides is 1. The number of hydrogen-bond donors (Lipinski definition) is 0. The van der Waals surface area contributed by atoms with Crippen LogP contribution < -0.4 is 9.64 Å². The van der Waals surface area contributed by atoms with Crippen molar-refractivity contribution in [2.45, 2.75) is 33.6 Å². The van der Waals surface area contributed by atoms with E-state index in [1.165, 1.54) is 6.92 Å². The maximum Gasteiger partial charge on any atom is 0.227 e. The highest BCUT2D eigenvalue weighted by atomic mass is 16.5. The zero-order valence-corrected chi connectivity index (χ0v) is 12.2. The number of rotatable bonds is 5. The van der Waals surface area contributed by atoms with E-state index in [1.807, 2.05) is 26.0 Å². The second-order valence-electron chi connectivity index (χ2n) is 4.79. The summed E-state index contributed by atoms with van der Waals surface area (Å²) in [5.41, 5.74) is 2.80. The first kappa shape index (κ1) is 15.2. The van der Waals surface area contributed by atoms with Crippen molar-refractivity contribution in [2.75, 3.05) is 19.1 Å². The molecule has 0 aliphatic carbocycles. The first-order chi connectivity index (χ1) is 8.86. The van der Waals surface area contributed by atoms with Gasteiger partial charge in [-0.1, -0.05) is 6.07 Å². The number of ether oxygens (including phenoxy) is 1. The van der Waals surface area contributed by atoms with E-state index in [-0.39, 0.29) is 24.5 Å². The van der Waals surface area contributed by atoms with Crippen LogP contribution in [0.4, 0.5) is 5.69 Å². The number of hydrogen-bond acceptors (Lipinski definition) is 3. The summed E-state index contributed by atoms with van der Waals surface area (Å²) in [6.07, 6.45) is 0.498. The van der Waals surface area contributed by atoms with E-state index in [0.717, 1.165) is 16.8 Å². The van der Waals surface area contributed by atoms with Crippen molar-refractivity contribution in [3.63, 3.8) is 0 Å². The van der Waals surface area contributed by atoms with E-state index in [2.05, 4.69) is 0 Å². The fourth-order valence-corrected chi connectivity index (χ4v) is 2.03. The van der Waals surface area contributed by atoms with Crippen molar-refractivity contribution in [3.8, 4) is 5.75 Å². The van der Waals surface area contributed by atoms with Gasteiger partial charge in [0.2, 0.25) is 5.91 Å². The number of aryl methyl sites for hydroxylation is 2. The van der Waals surface area contributed by atoms with Gasteiger partial charge >= 0.3 is 0 Å². The van der Waals surface area contributed by atoms with Gasteiger partial charge in [0.15, 0.2) is 0 Å². The molecular weight excluding hydrogens is 242 g/mol. The summed E-state index contributed by atoms with van der Waals surface area (Å²) in [6.45, 7) is 5.41. The van der Waals surface area contributed by atoms with Crippen molar-refractivity contribution < 1.29 is 14.3 Å². The molecule has 0 bridgehead atoms. The van der Waals surface area contributed by atoms with E-state index in [4.69, 9.17) is 4.74 Å². The summed E-state index contributed by atoms with van der Waals surface area (Å²) in [7, 11) is 3.30. The monoisotopic (exact) mass is 263 g/mol. The Morgan fingerprint density at radius 1 is 1.21 bits per heavy atom. The molecule has 0 radical (unpaired) electrons. The molecule has 0 saturated heterocycles. The fraction of sp³-hybridized carbons (Fsp3) is 0.467. The Hall–Kier alpha value is -1.84. The molecule has 0 saturated carbocycles. The minimum Gasteiger partial charge on any atom is -0.494 e. The largest absolute Gasteiger partial charge is 0.494 e. The molecule has 4 nitrogen and oxygen atoms in total. The van der Waals surface area contributed by atoms with Crippen LogP contribution in [0.15, 0.2) is 12.1 Å². The topological polar surface area (TPSA) is 46.6 Å². The van der Waals surface area contributed by atoms with Gasteiger partial charge in [0, 0.05) is 19.9 Å². The van der Waals surface area contributed by atoms with Gasteiger partial charge in [-0.05, 0) is 38.0 Å². The van der Waals surface area contributed by atoms with E-state index < -0.39 is 0 Å². The number of benzene rings is 1. The van der Waals surface area contributed by atoms with Crippen LogP contribution in [0, 0.1) is 13.8 Å². The number of methoxy groups -OCH3 is 1. The van der Waals surface area contributed by atoms with Crippen molar-refractivity contribution >= 4 is 17.4 Å². The average Bonchev–Trinajstić information content (AvgIpc) is 2.34. The molecule has 0 aromatic heterocycles. The molecule has 0 atom stereocenters. The molecule has 1 amide bonds. The van der Waals surface area contributed by atoms with Crippen LogP contribution in [-0.4, -0.2) is 25.8 Å². The Labute approximate surface area is 114 Å². The lowest BCUT2D eigenvalue weighted by molar-refractivity contribution is -0.122. The highest BCUT2D eigenvalue weighted by Gasteiger charge is 2.17. The first-order valence-electron chi connectivity index (χ1n) is 6.28. The maximum absolute atomic E-state index is 12.1. The highest BCUT2D eigenvalue weighted by Crippen LogP contribution is 2.32. The molecule has 1 aromatic carbocycles. The minimum absolute atomic E-state index is 0.0223. The zero-order valence-electron chi connectivity index (χ0n) is 12.2. The number of nitrogens with zero attached hydrogens (tertiary/aromatic N) is 1. The third kappa shape index (κ3) is 3.81. The van der Waals surface area contributed by atoms with Crippen molar-refractivity contribution in [1.82, 2.24) is 0 Å². The molecule has 0 unspecified atom stereocenters. The van der Waals surface area contributed by atoms with Crippen LogP contribution >= 0.6 is 0 Å². The Kier molecular flexibility index (Phi) is 5.10. The van der Waals surface area contributed by atoms with Crippen LogP contribution in [-0.2, 0) is 9.59 Å². The maximum atomic E-state index is 12.1. The minimum atomic E-state index is -0.0847. The smallest absolute Gasteiger partial charge is 0.227 e. The molecule has 0 heterocycles. The number of Topliss-reactive ketones (excluding diaryl/α,β-unsaturated/α-hetero) is 1. The molecule has 4 heteroatoms. The lowest BCUT2D eigenvalue weighted by Crippen LogP contribution is -2.27. The van der Waals surface area contributed by atoms with Gasteiger partial charge in [-0.15, -0.1) is 0 Å². The third-order valence-electron chi connectivity index (χ3n) is 3.03. The lowest BCUT2D eigenvalue weighted by atomic mass is 10.1. The zero-order chi connectivity index (χ0) is 14.6. The number of ketones is 1. The van der Waals surface area contributed by atoms with Gasteiger partial charge < -0.3 is 14.4 Å². The van der Waals surface area contributed by atoms with Gasteiger partial charge in [0.25, 0.3) is 0 Å². The summed E-state index contributed by atoms with van der Waals surface area (Å²) >= 11 is 0. The molecule has 1 aromatic rings. The molecule has 0 N–H and O–H groups in total. The predicted octanol–water partition coefficient (Wildman–Crippen LogP) is 2.64. The van der Waals surface area contributed by atoms with Gasteiger partial charge in [-0.2, -0.15) is 0 Å². The normalized spacial score (nSPS) is 10.2. The van der Waals surface area contributed by atoms with Crippen molar-refractivity contribution in [3.05, 3.63) is 23.3 Å². The summed E-state index contributed by atoms with van der Waals surface area (Å²) in [4.78, 5) is 24.6.